The SMILES string of the molecule is Cn1cccc1C(C1=C=CC=C1)c1cccn1C. The van der Waals surface area contributed by atoms with Gasteiger partial charge in [-0.3, -0.25) is 0 Å². The van der Waals surface area contributed by atoms with Crippen LogP contribution in [0.2, 0.25) is 0 Å². The molecule has 0 aliphatic heterocycles. The molecule has 1 aliphatic rings. The lowest BCUT2D eigenvalue weighted by molar-refractivity contribution is 0.736. The Hall–Kier alpha value is -2.18. The van der Waals surface area contributed by atoms with Crippen LogP contribution in [0.15, 0.2) is 66.2 Å². The minimum Gasteiger partial charge on any atom is -0.354 e. The summed E-state index contributed by atoms with van der Waals surface area (Å²) in [5.41, 5.74) is 7.14. The van der Waals surface area contributed by atoms with Gasteiger partial charge in [0, 0.05) is 43.4 Å². The maximum atomic E-state index is 3.34. The molecule has 0 saturated heterocycles. The monoisotopic (exact) mass is 236 g/mol. The van der Waals surface area contributed by atoms with Crippen molar-refractivity contribution in [2.45, 2.75) is 5.92 Å². The molecule has 0 aromatic carbocycles. The molecule has 3 rings (SSSR count). The second kappa shape index (κ2) is 4.25. The van der Waals surface area contributed by atoms with Crippen LogP contribution >= 0.6 is 0 Å². The van der Waals surface area contributed by atoms with E-state index in [4.69, 9.17) is 0 Å². The van der Waals surface area contributed by atoms with Crippen LogP contribution in [0.5, 0.6) is 0 Å². The zero-order valence-electron chi connectivity index (χ0n) is 10.7. The first-order valence-corrected chi connectivity index (χ1v) is 6.13. The van der Waals surface area contributed by atoms with Gasteiger partial charge in [-0.1, -0.05) is 6.08 Å². The molecule has 0 fully saturated rings. The molecule has 0 unspecified atom stereocenters. The van der Waals surface area contributed by atoms with E-state index in [0.717, 1.165) is 0 Å². The highest BCUT2D eigenvalue weighted by atomic mass is 15.0. The smallest absolute Gasteiger partial charge is 0.0718 e. The summed E-state index contributed by atoms with van der Waals surface area (Å²) in [6.07, 6.45) is 10.4. The van der Waals surface area contributed by atoms with Crippen molar-refractivity contribution in [2.75, 3.05) is 0 Å². The van der Waals surface area contributed by atoms with Crippen molar-refractivity contribution in [3.05, 3.63) is 77.6 Å². The highest BCUT2D eigenvalue weighted by Gasteiger charge is 2.22. The molecule has 0 N–H and O–H groups in total. The summed E-state index contributed by atoms with van der Waals surface area (Å²) < 4.78 is 4.36. The van der Waals surface area contributed by atoms with E-state index in [9.17, 15) is 0 Å². The molecule has 2 aromatic rings. The van der Waals surface area contributed by atoms with Crippen LogP contribution in [-0.2, 0) is 14.1 Å². The Balaban J connectivity index is 2.16. The number of nitrogens with zero attached hydrogens (tertiary/aromatic N) is 2. The fourth-order valence-corrected chi connectivity index (χ4v) is 2.54. The predicted molar refractivity (Wildman–Crippen MR) is 73.4 cm³/mol. The lowest BCUT2D eigenvalue weighted by Crippen LogP contribution is -2.11. The van der Waals surface area contributed by atoms with Gasteiger partial charge in [-0.05, 0) is 36.4 Å². The second-order valence-electron chi connectivity index (χ2n) is 4.65. The van der Waals surface area contributed by atoms with Crippen molar-refractivity contribution in [3.8, 4) is 0 Å². The molecule has 0 atom stereocenters. The van der Waals surface area contributed by atoms with Crippen molar-refractivity contribution < 1.29 is 0 Å². The maximum absolute atomic E-state index is 3.34. The van der Waals surface area contributed by atoms with Crippen LogP contribution in [-0.4, -0.2) is 9.13 Å². The van der Waals surface area contributed by atoms with E-state index in [0.29, 0.717) is 0 Å². The Labute approximate surface area is 107 Å². The molecule has 0 amide bonds. The number of aromatic nitrogens is 2. The van der Waals surface area contributed by atoms with Crippen LogP contribution < -0.4 is 0 Å². The van der Waals surface area contributed by atoms with Gasteiger partial charge in [0.05, 0.1) is 5.92 Å². The van der Waals surface area contributed by atoms with Crippen molar-refractivity contribution in [1.29, 1.82) is 0 Å². The normalized spacial score (nSPS) is 13.6. The highest BCUT2D eigenvalue weighted by Crippen LogP contribution is 2.33. The lowest BCUT2D eigenvalue weighted by atomic mass is 9.93. The van der Waals surface area contributed by atoms with Gasteiger partial charge in [0.2, 0.25) is 0 Å². The average Bonchev–Trinajstić information content (AvgIpc) is 3.05. The lowest BCUT2D eigenvalue weighted by Gasteiger charge is -2.19. The van der Waals surface area contributed by atoms with Gasteiger partial charge in [-0.15, -0.1) is 5.73 Å². The molecule has 2 nitrogen and oxygen atoms in total. The van der Waals surface area contributed by atoms with Crippen molar-refractivity contribution in [2.24, 2.45) is 14.1 Å². The summed E-state index contributed by atoms with van der Waals surface area (Å²) in [6.45, 7) is 0. The molecular weight excluding hydrogens is 220 g/mol. The molecule has 1 aliphatic carbocycles. The van der Waals surface area contributed by atoms with Gasteiger partial charge in [0.15, 0.2) is 0 Å². The predicted octanol–water partition coefficient (Wildman–Crippen LogP) is 3.15. The minimum atomic E-state index is 0.250. The standard InChI is InChI=1S/C16H16N2/c1-17-11-5-9-14(17)16(13-7-3-4-8-13)15-10-6-12-18(15)2/h3-7,9-12,16H,1-2H3. The van der Waals surface area contributed by atoms with E-state index in [1.54, 1.807) is 0 Å². The van der Waals surface area contributed by atoms with Gasteiger partial charge >= 0.3 is 0 Å². The average molecular weight is 236 g/mol. The van der Waals surface area contributed by atoms with Crippen LogP contribution in [0, 0.1) is 0 Å². The fourth-order valence-electron chi connectivity index (χ4n) is 2.54. The number of allylic oxidation sites excluding steroid dienone is 3. The number of hydrogen-bond acceptors (Lipinski definition) is 0. The number of hydrogen-bond donors (Lipinski definition) is 0. The van der Waals surface area contributed by atoms with Crippen molar-refractivity contribution in [3.63, 3.8) is 0 Å². The molecule has 2 heteroatoms. The molecule has 18 heavy (non-hydrogen) atoms. The quantitative estimate of drug-likeness (QED) is 0.725. The molecule has 0 bridgehead atoms. The third-order valence-corrected chi connectivity index (χ3v) is 3.49. The Morgan fingerprint density at radius 3 is 2.00 bits per heavy atom. The van der Waals surface area contributed by atoms with E-state index in [1.807, 2.05) is 12.2 Å². The first-order valence-electron chi connectivity index (χ1n) is 6.13. The van der Waals surface area contributed by atoms with Gasteiger partial charge in [0.25, 0.3) is 0 Å². The zero-order chi connectivity index (χ0) is 12.5. The molecule has 0 spiro atoms. The van der Waals surface area contributed by atoms with E-state index in [1.165, 1.54) is 17.0 Å². The summed E-state index contributed by atoms with van der Waals surface area (Å²) in [4.78, 5) is 0. The summed E-state index contributed by atoms with van der Waals surface area (Å²) in [5.74, 6) is 0.250. The van der Waals surface area contributed by atoms with E-state index < -0.39 is 0 Å². The van der Waals surface area contributed by atoms with Crippen LogP contribution in [0.3, 0.4) is 0 Å². The molecule has 0 saturated carbocycles. The second-order valence-corrected chi connectivity index (χ2v) is 4.65. The van der Waals surface area contributed by atoms with Crippen LogP contribution in [0.25, 0.3) is 0 Å². The third kappa shape index (κ3) is 1.68. The fraction of sp³-hybridized carbons (Fsp3) is 0.188. The molecule has 2 aromatic heterocycles. The van der Waals surface area contributed by atoms with Gasteiger partial charge in [-0.25, -0.2) is 0 Å². The summed E-state index contributed by atoms with van der Waals surface area (Å²) in [5, 5.41) is 0. The van der Waals surface area contributed by atoms with Gasteiger partial charge < -0.3 is 9.13 Å². The van der Waals surface area contributed by atoms with E-state index in [2.05, 4.69) is 71.7 Å². The summed E-state index contributed by atoms with van der Waals surface area (Å²) in [7, 11) is 4.18. The largest absolute Gasteiger partial charge is 0.354 e. The zero-order valence-corrected chi connectivity index (χ0v) is 10.7. The minimum absolute atomic E-state index is 0.250. The summed E-state index contributed by atoms with van der Waals surface area (Å²) in [6, 6.07) is 8.54. The molecule has 2 heterocycles. The van der Waals surface area contributed by atoms with Crippen LogP contribution in [0.1, 0.15) is 17.3 Å². The van der Waals surface area contributed by atoms with E-state index in [-0.39, 0.29) is 5.92 Å². The highest BCUT2D eigenvalue weighted by molar-refractivity contribution is 5.44. The Morgan fingerprint density at radius 2 is 1.61 bits per heavy atom. The molecular formula is C16H16N2. The van der Waals surface area contributed by atoms with Crippen molar-refractivity contribution >= 4 is 0 Å². The summed E-state index contributed by atoms with van der Waals surface area (Å²) >= 11 is 0. The van der Waals surface area contributed by atoms with Crippen LogP contribution in [0.4, 0.5) is 0 Å². The maximum Gasteiger partial charge on any atom is 0.0718 e. The third-order valence-electron chi connectivity index (χ3n) is 3.49. The first kappa shape index (κ1) is 10.9. The van der Waals surface area contributed by atoms with E-state index >= 15 is 0 Å². The molecule has 0 radical (unpaired) electrons. The number of rotatable bonds is 3. The van der Waals surface area contributed by atoms with Gasteiger partial charge in [0.1, 0.15) is 0 Å². The Bertz CT molecular complexity index is 621. The molecule has 90 valence electrons. The Kier molecular flexibility index (Phi) is 2.58. The Morgan fingerprint density at radius 1 is 1.00 bits per heavy atom. The number of aryl methyl sites for hydroxylation is 2. The van der Waals surface area contributed by atoms with Gasteiger partial charge in [-0.2, -0.15) is 0 Å². The van der Waals surface area contributed by atoms with Crippen molar-refractivity contribution in [1.82, 2.24) is 9.13 Å². The first-order chi connectivity index (χ1) is 8.77. The topological polar surface area (TPSA) is 9.86 Å².